The molecule has 0 atom stereocenters. The molecule has 108 valence electrons. The molecule has 2 aromatic rings. The number of rotatable bonds is 4. The first-order chi connectivity index (χ1) is 10.0. The number of hydrogen-bond acceptors (Lipinski definition) is 6. The summed E-state index contributed by atoms with van der Waals surface area (Å²) in [5.74, 6) is -0.271. The van der Waals surface area contributed by atoms with E-state index >= 15 is 0 Å². The number of benzene rings is 1. The molecule has 0 unspecified atom stereocenters. The van der Waals surface area contributed by atoms with Crippen molar-refractivity contribution in [2.24, 2.45) is 0 Å². The van der Waals surface area contributed by atoms with Gasteiger partial charge < -0.3 is 16.2 Å². The lowest BCUT2D eigenvalue weighted by Gasteiger charge is -2.10. The fraction of sp³-hybridized carbons (Fsp3) is 0.214. The number of nitrogens with two attached hydrogens (primary N) is 2. The predicted molar refractivity (Wildman–Crippen MR) is 76.8 cm³/mol. The van der Waals surface area contributed by atoms with E-state index in [-0.39, 0.29) is 23.0 Å². The summed E-state index contributed by atoms with van der Waals surface area (Å²) in [7, 11) is 0. The normalized spacial score (nSPS) is 10.1. The number of ether oxygens (including phenoxy) is 1. The van der Waals surface area contributed by atoms with Crippen molar-refractivity contribution < 1.29 is 9.13 Å². The second kappa shape index (κ2) is 6.05. The van der Waals surface area contributed by atoms with Crippen LogP contribution >= 0.6 is 0 Å². The third kappa shape index (κ3) is 3.17. The summed E-state index contributed by atoms with van der Waals surface area (Å²) in [5, 5.41) is 9.16. The molecule has 2 rings (SSSR count). The first-order valence-electron chi connectivity index (χ1n) is 6.32. The van der Waals surface area contributed by atoms with Gasteiger partial charge in [-0.15, -0.1) is 0 Å². The van der Waals surface area contributed by atoms with Crippen molar-refractivity contribution in [1.29, 1.82) is 5.26 Å². The molecule has 0 bridgehead atoms. The maximum absolute atomic E-state index is 13.7. The summed E-state index contributed by atoms with van der Waals surface area (Å²) in [6.45, 7) is 2.40. The molecule has 0 fully saturated rings. The number of nitriles is 1. The number of nitrogens with zero attached hydrogens (tertiary/aromatic N) is 3. The zero-order chi connectivity index (χ0) is 15.4. The van der Waals surface area contributed by atoms with Crippen LogP contribution < -0.4 is 16.2 Å². The Labute approximate surface area is 121 Å². The van der Waals surface area contributed by atoms with E-state index in [1.807, 2.05) is 13.0 Å². The van der Waals surface area contributed by atoms with Crippen LogP contribution in [0.25, 0.3) is 11.3 Å². The summed E-state index contributed by atoms with van der Waals surface area (Å²) in [6.07, 6.45) is 0.794. The molecule has 1 heterocycles. The molecule has 0 saturated heterocycles. The standard InChI is InChI=1S/C14H14FN5O/c1-2-3-21-10-5-8(4-9(15)6-10)12-11(7-16)13(17)20-14(18)19-12/h4-6H,2-3H2,1H3,(H4,17,18,19,20). The molecule has 6 nitrogen and oxygen atoms in total. The second-order valence-corrected chi connectivity index (χ2v) is 4.33. The molecule has 1 aromatic carbocycles. The lowest BCUT2D eigenvalue weighted by Crippen LogP contribution is -2.05. The zero-order valence-electron chi connectivity index (χ0n) is 11.4. The van der Waals surface area contributed by atoms with E-state index in [1.165, 1.54) is 12.1 Å². The molecule has 4 N–H and O–H groups in total. The molecule has 0 aliphatic carbocycles. The number of hydrogen-bond donors (Lipinski definition) is 2. The van der Waals surface area contributed by atoms with Crippen LogP contribution in [-0.4, -0.2) is 16.6 Å². The molecular formula is C14H14FN5O. The average molecular weight is 287 g/mol. The SMILES string of the molecule is CCCOc1cc(F)cc(-c2nc(N)nc(N)c2C#N)c1. The van der Waals surface area contributed by atoms with E-state index in [0.717, 1.165) is 6.42 Å². The molecule has 0 amide bonds. The van der Waals surface area contributed by atoms with Crippen LogP contribution in [0.4, 0.5) is 16.2 Å². The van der Waals surface area contributed by atoms with Crippen LogP contribution in [0.3, 0.4) is 0 Å². The van der Waals surface area contributed by atoms with Gasteiger partial charge in [0.1, 0.15) is 29.0 Å². The second-order valence-electron chi connectivity index (χ2n) is 4.33. The molecule has 1 aromatic heterocycles. The van der Waals surface area contributed by atoms with Gasteiger partial charge in [-0.1, -0.05) is 6.92 Å². The smallest absolute Gasteiger partial charge is 0.222 e. The van der Waals surface area contributed by atoms with Crippen LogP contribution in [-0.2, 0) is 0 Å². The molecule has 0 saturated carbocycles. The van der Waals surface area contributed by atoms with E-state index in [1.54, 1.807) is 6.07 Å². The Morgan fingerprint density at radius 2 is 2.05 bits per heavy atom. The predicted octanol–water partition coefficient (Wildman–Crippen LogP) is 2.11. The van der Waals surface area contributed by atoms with E-state index in [2.05, 4.69) is 9.97 Å². The summed E-state index contributed by atoms with van der Waals surface area (Å²) in [5.41, 5.74) is 11.8. The number of halogens is 1. The summed E-state index contributed by atoms with van der Waals surface area (Å²) in [6, 6.07) is 5.99. The minimum Gasteiger partial charge on any atom is -0.493 e. The van der Waals surface area contributed by atoms with Gasteiger partial charge in [0.25, 0.3) is 0 Å². The minimum absolute atomic E-state index is 0.0414. The lowest BCUT2D eigenvalue weighted by atomic mass is 10.1. The third-order valence-electron chi connectivity index (χ3n) is 2.68. The van der Waals surface area contributed by atoms with Crippen LogP contribution in [0.1, 0.15) is 18.9 Å². The van der Waals surface area contributed by atoms with Gasteiger partial charge in [0, 0.05) is 11.6 Å². The van der Waals surface area contributed by atoms with Crippen LogP contribution in [0.5, 0.6) is 5.75 Å². The van der Waals surface area contributed by atoms with Crippen molar-refractivity contribution in [2.45, 2.75) is 13.3 Å². The fourth-order valence-corrected chi connectivity index (χ4v) is 1.82. The first-order valence-corrected chi connectivity index (χ1v) is 6.32. The highest BCUT2D eigenvalue weighted by molar-refractivity contribution is 5.73. The maximum atomic E-state index is 13.7. The number of nitrogen functional groups attached to an aromatic ring is 2. The Kier molecular flexibility index (Phi) is 4.18. The van der Waals surface area contributed by atoms with Crippen molar-refractivity contribution >= 4 is 11.8 Å². The van der Waals surface area contributed by atoms with Crippen LogP contribution in [0.2, 0.25) is 0 Å². The molecule has 0 aliphatic rings. The molecular weight excluding hydrogens is 273 g/mol. The summed E-state index contributed by atoms with van der Waals surface area (Å²) in [4.78, 5) is 7.70. The van der Waals surface area contributed by atoms with Crippen LogP contribution in [0, 0.1) is 17.1 Å². The van der Waals surface area contributed by atoms with Gasteiger partial charge >= 0.3 is 0 Å². The van der Waals surface area contributed by atoms with Crippen molar-refractivity contribution in [2.75, 3.05) is 18.1 Å². The quantitative estimate of drug-likeness (QED) is 0.890. The topological polar surface area (TPSA) is 111 Å². The summed E-state index contributed by atoms with van der Waals surface area (Å²) >= 11 is 0. The highest BCUT2D eigenvalue weighted by atomic mass is 19.1. The van der Waals surface area contributed by atoms with E-state index < -0.39 is 5.82 Å². The highest BCUT2D eigenvalue weighted by Crippen LogP contribution is 2.29. The van der Waals surface area contributed by atoms with E-state index in [4.69, 9.17) is 21.5 Å². The highest BCUT2D eigenvalue weighted by Gasteiger charge is 2.15. The monoisotopic (exact) mass is 287 g/mol. The Hall–Kier alpha value is -2.88. The van der Waals surface area contributed by atoms with E-state index in [9.17, 15) is 4.39 Å². The Balaban J connectivity index is 2.56. The van der Waals surface area contributed by atoms with Crippen molar-refractivity contribution in [1.82, 2.24) is 9.97 Å². The minimum atomic E-state index is -0.502. The average Bonchev–Trinajstić information content (AvgIpc) is 2.43. The van der Waals surface area contributed by atoms with Gasteiger partial charge in [0.05, 0.1) is 12.3 Å². The Morgan fingerprint density at radius 3 is 2.71 bits per heavy atom. The number of anilines is 2. The molecule has 21 heavy (non-hydrogen) atoms. The van der Waals surface area contributed by atoms with Gasteiger partial charge in [-0.05, 0) is 18.6 Å². The molecule has 0 spiro atoms. The van der Waals surface area contributed by atoms with Gasteiger partial charge in [0.2, 0.25) is 5.95 Å². The van der Waals surface area contributed by atoms with Gasteiger partial charge in [-0.25, -0.2) is 9.37 Å². The first kappa shape index (κ1) is 14.5. The zero-order valence-corrected chi connectivity index (χ0v) is 11.4. The maximum Gasteiger partial charge on any atom is 0.222 e. The van der Waals surface area contributed by atoms with Crippen molar-refractivity contribution in [3.8, 4) is 23.1 Å². The lowest BCUT2D eigenvalue weighted by molar-refractivity contribution is 0.316. The van der Waals surface area contributed by atoms with Gasteiger partial charge in [-0.3, -0.25) is 0 Å². The van der Waals surface area contributed by atoms with Crippen molar-refractivity contribution in [3.63, 3.8) is 0 Å². The molecule has 0 radical (unpaired) electrons. The summed E-state index contributed by atoms with van der Waals surface area (Å²) < 4.78 is 19.1. The fourth-order valence-electron chi connectivity index (χ4n) is 1.82. The van der Waals surface area contributed by atoms with Gasteiger partial charge in [-0.2, -0.15) is 10.2 Å². The van der Waals surface area contributed by atoms with Crippen LogP contribution in [0.15, 0.2) is 18.2 Å². The Morgan fingerprint density at radius 1 is 1.29 bits per heavy atom. The third-order valence-corrected chi connectivity index (χ3v) is 2.68. The van der Waals surface area contributed by atoms with Gasteiger partial charge in [0.15, 0.2) is 0 Å². The number of aromatic nitrogens is 2. The Bertz CT molecular complexity index is 711. The molecule has 0 aliphatic heterocycles. The molecule has 7 heteroatoms. The van der Waals surface area contributed by atoms with E-state index in [0.29, 0.717) is 17.9 Å². The van der Waals surface area contributed by atoms with Crippen molar-refractivity contribution in [3.05, 3.63) is 29.6 Å². The largest absolute Gasteiger partial charge is 0.493 e.